The van der Waals surface area contributed by atoms with Crippen molar-refractivity contribution in [2.24, 2.45) is 0 Å². The van der Waals surface area contributed by atoms with Gasteiger partial charge in [-0.2, -0.15) is 0 Å². The molecule has 0 saturated heterocycles. The van der Waals surface area contributed by atoms with E-state index in [9.17, 15) is 14.9 Å². The summed E-state index contributed by atoms with van der Waals surface area (Å²) < 4.78 is 10.9. The van der Waals surface area contributed by atoms with E-state index in [1.807, 2.05) is 13.8 Å². The minimum atomic E-state index is -0.544. The number of hydrogen-bond acceptors (Lipinski definition) is 5. The molecule has 1 amide bonds. The van der Waals surface area contributed by atoms with Crippen LogP contribution in [0, 0.1) is 10.1 Å². The van der Waals surface area contributed by atoms with E-state index in [-0.39, 0.29) is 11.3 Å². The second kappa shape index (κ2) is 7.96. The first-order chi connectivity index (χ1) is 11.5. The van der Waals surface area contributed by atoms with Crippen LogP contribution in [0.3, 0.4) is 0 Å². The first kappa shape index (κ1) is 17.3. The highest BCUT2D eigenvalue weighted by molar-refractivity contribution is 6.05. The van der Waals surface area contributed by atoms with E-state index >= 15 is 0 Å². The molecule has 0 spiro atoms. The number of nitro benzene ring substituents is 1. The van der Waals surface area contributed by atoms with Crippen LogP contribution in [-0.4, -0.2) is 24.0 Å². The Balaban J connectivity index is 2.28. The molecule has 0 aliphatic heterocycles. The van der Waals surface area contributed by atoms with Crippen molar-refractivity contribution in [2.75, 3.05) is 18.5 Å². The molecule has 0 aliphatic rings. The number of nitro groups is 1. The Kier molecular flexibility index (Phi) is 5.73. The maximum atomic E-state index is 12.4. The van der Waals surface area contributed by atoms with E-state index in [4.69, 9.17) is 9.47 Å². The van der Waals surface area contributed by atoms with Crippen LogP contribution in [0.2, 0.25) is 0 Å². The monoisotopic (exact) mass is 330 g/mol. The zero-order valence-corrected chi connectivity index (χ0v) is 13.4. The van der Waals surface area contributed by atoms with Crippen molar-refractivity contribution in [3.8, 4) is 11.5 Å². The number of carbonyl (C=O) groups excluding carboxylic acids is 1. The van der Waals surface area contributed by atoms with Crippen LogP contribution in [0.5, 0.6) is 11.5 Å². The Hall–Kier alpha value is -3.09. The van der Waals surface area contributed by atoms with Gasteiger partial charge in [0.25, 0.3) is 11.6 Å². The quantitative estimate of drug-likeness (QED) is 0.618. The number of rotatable bonds is 7. The van der Waals surface area contributed by atoms with Crippen LogP contribution in [0.25, 0.3) is 0 Å². The molecule has 0 bridgehead atoms. The van der Waals surface area contributed by atoms with E-state index in [0.717, 1.165) is 0 Å². The summed E-state index contributed by atoms with van der Waals surface area (Å²) in [7, 11) is 0. The molecular weight excluding hydrogens is 312 g/mol. The van der Waals surface area contributed by atoms with E-state index in [1.165, 1.54) is 24.3 Å². The number of hydrogen-bond donors (Lipinski definition) is 1. The Morgan fingerprint density at radius 3 is 2.54 bits per heavy atom. The number of anilines is 1. The van der Waals surface area contributed by atoms with Gasteiger partial charge in [-0.1, -0.05) is 6.07 Å². The Morgan fingerprint density at radius 1 is 1.12 bits per heavy atom. The van der Waals surface area contributed by atoms with E-state index in [1.54, 1.807) is 18.2 Å². The van der Waals surface area contributed by atoms with Gasteiger partial charge in [0.2, 0.25) is 0 Å². The van der Waals surface area contributed by atoms with E-state index in [2.05, 4.69) is 5.32 Å². The molecule has 7 nitrogen and oxygen atoms in total. The highest BCUT2D eigenvalue weighted by Crippen LogP contribution is 2.30. The molecule has 0 aliphatic carbocycles. The molecule has 0 heterocycles. The van der Waals surface area contributed by atoms with Gasteiger partial charge in [-0.05, 0) is 32.0 Å². The van der Waals surface area contributed by atoms with Crippen LogP contribution in [-0.2, 0) is 0 Å². The molecule has 0 saturated carbocycles. The third kappa shape index (κ3) is 4.22. The molecule has 126 valence electrons. The topological polar surface area (TPSA) is 90.7 Å². The van der Waals surface area contributed by atoms with Crippen molar-refractivity contribution in [3.63, 3.8) is 0 Å². The van der Waals surface area contributed by atoms with E-state index < -0.39 is 10.8 Å². The van der Waals surface area contributed by atoms with Crippen molar-refractivity contribution < 1.29 is 19.2 Å². The molecule has 2 aromatic rings. The lowest BCUT2D eigenvalue weighted by Gasteiger charge is -2.13. The maximum Gasteiger partial charge on any atom is 0.270 e. The van der Waals surface area contributed by atoms with Crippen LogP contribution in [0.4, 0.5) is 11.4 Å². The first-order valence-corrected chi connectivity index (χ1v) is 7.50. The molecule has 1 N–H and O–H groups in total. The minimum absolute atomic E-state index is 0.143. The van der Waals surface area contributed by atoms with Crippen LogP contribution in [0.15, 0.2) is 42.5 Å². The number of carbonyl (C=O) groups is 1. The number of benzene rings is 2. The standard InChI is InChI=1S/C17H18N2O5/c1-3-23-14-8-9-16(24-4-2)15(11-14)18-17(20)12-6-5-7-13(10-12)19(21)22/h5-11H,3-4H2,1-2H3,(H,18,20). The second-order valence-electron chi connectivity index (χ2n) is 4.79. The highest BCUT2D eigenvalue weighted by atomic mass is 16.6. The molecule has 7 heteroatoms. The summed E-state index contributed by atoms with van der Waals surface area (Å²) in [5, 5.41) is 13.5. The third-order valence-corrected chi connectivity index (χ3v) is 3.13. The van der Waals surface area contributed by atoms with Gasteiger partial charge in [-0.25, -0.2) is 0 Å². The van der Waals surface area contributed by atoms with Crippen molar-refractivity contribution in [1.29, 1.82) is 0 Å². The molecule has 0 fully saturated rings. The normalized spacial score (nSPS) is 10.1. The number of amides is 1. The smallest absolute Gasteiger partial charge is 0.270 e. The maximum absolute atomic E-state index is 12.4. The summed E-state index contributed by atoms with van der Waals surface area (Å²) in [6, 6.07) is 10.6. The van der Waals surface area contributed by atoms with Crippen molar-refractivity contribution in [1.82, 2.24) is 0 Å². The predicted octanol–water partition coefficient (Wildman–Crippen LogP) is 3.64. The highest BCUT2D eigenvalue weighted by Gasteiger charge is 2.14. The Labute approximate surface area is 139 Å². The summed E-state index contributed by atoms with van der Waals surface area (Å²) in [5.41, 5.74) is 0.489. The average molecular weight is 330 g/mol. The second-order valence-corrected chi connectivity index (χ2v) is 4.79. The van der Waals surface area contributed by atoms with Gasteiger partial charge >= 0.3 is 0 Å². The molecule has 0 atom stereocenters. The molecular formula is C17H18N2O5. The molecule has 0 unspecified atom stereocenters. The van der Waals surface area contributed by atoms with Gasteiger partial charge in [0.05, 0.1) is 23.8 Å². The number of ether oxygens (including phenoxy) is 2. The lowest BCUT2D eigenvalue weighted by atomic mass is 10.2. The van der Waals surface area contributed by atoms with Crippen molar-refractivity contribution in [3.05, 3.63) is 58.1 Å². The number of nitrogens with zero attached hydrogens (tertiary/aromatic N) is 1. The van der Waals surface area contributed by atoms with Gasteiger partial charge < -0.3 is 14.8 Å². The molecule has 0 radical (unpaired) electrons. The van der Waals surface area contributed by atoms with Crippen LogP contribution in [0.1, 0.15) is 24.2 Å². The number of non-ortho nitro benzene ring substituents is 1. The summed E-state index contributed by atoms with van der Waals surface area (Å²) >= 11 is 0. The van der Waals surface area contributed by atoms with Gasteiger partial charge in [-0.3, -0.25) is 14.9 Å². The zero-order chi connectivity index (χ0) is 17.5. The first-order valence-electron chi connectivity index (χ1n) is 7.50. The van der Waals surface area contributed by atoms with E-state index in [0.29, 0.717) is 30.4 Å². The molecule has 2 rings (SSSR count). The fourth-order valence-electron chi connectivity index (χ4n) is 2.10. The number of nitrogens with one attached hydrogen (secondary N) is 1. The largest absolute Gasteiger partial charge is 0.494 e. The third-order valence-electron chi connectivity index (χ3n) is 3.13. The summed E-state index contributed by atoms with van der Waals surface area (Å²) in [5.74, 6) is 0.628. The zero-order valence-electron chi connectivity index (χ0n) is 13.4. The molecule has 2 aromatic carbocycles. The SMILES string of the molecule is CCOc1ccc(OCC)c(NC(=O)c2cccc([N+](=O)[O-])c2)c1. The van der Waals surface area contributed by atoms with Gasteiger partial charge in [-0.15, -0.1) is 0 Å². The molecule has 0 aromatic heterocycles. The Morgan fingerprint density at radius 2 is 1.88 bits per heavy atom. The van der Waals surface area contributed by atoms with Gasteiger partial charge in [0, 0.05) is 23.8 Å². The summed E-state index contributed by atoms with van der Waals surface area (Å²) in [6.07, 6.45) is 0. The fraction of sp³-hybridized carbons (Fsp3) is 0.235. The van der Waals surface area contributed by atoms with Crippen molar-refractivity contribution in [2.45, 2.75) is 13.8 Å². The lowest BCUT2D eigenvalue weighted by molar-refractivity contribution is -0.384. The fourth-order valence-corrected chi connectivity index (χ4v) is 2.10. The van der Waals surface area contributed by atoms with Gasteiger partial charge in [0.15, 0.2) is 0 Å². The summed E-state index contributed by atoms with van der Waals surface area (Å²) in [4.78, 5) is 22.7. The summed E-state index contributed by atoms with van der Waals surface area (Å²) in [6.45, 7) is 4.63. The van der Waals surface area contributed by atoms with Crippen molar-refractivity contribution >= 4 is 17.3 Å². The predicted molar refractivity (Wildman–Crippen MR) is 89.8 cm³/mol. The Bertz CT molecular complexity index is 746. The lowest BCUT2D eigenvalue weighted by Crippen LogP contribution is -2.13. The van der Waals surface area contributed by atoms with Gasteiger partial charge in [0.1, 0.15) is 11.5 Å². The van der Waals surface area contributed by atoms with Crippen LogP contribution >= 0.6 is 0 Å². The van der Waals surface area contributed by atoms with Crippen LogP contribution < -0.4 is 14.8 Å². The average Bonchev–Trinajstić information content (AvgIpc) is 2.57. The minimum Gasteiger partial charge on any atom is -0.494 e. The molecule has 24 heavy (non-hydrogen) atoms.